The van der Waals surface area contributed by atoms with Gasteiger partial charge in [0.1, 0.15) is 10.7 Å². The molecule has 0 aliphatic rings. The van der Waals surface area contributed by atoms with Crippen LogP contribution in [0.1, 0.15) is 16.5 Å². The van der Waals surface area contributed by atoms with Crippen molar-refractivity contribution < 1.29 is 17.6 Å². The molecule has 2 aromatic rings. The lowest BCUT2D eigenvalue weighted by atomic mass is 10.1. The van der Waals surface area contributed by atoms with E-state index in [1.54, 1.807) is 12.1 Å². The van der Waals surface area contributed by atoms with E-state index >= 15 is 0 Å². The van der Waals surface area contributed by atoms with Gasteiger partial charge in [-0.15, -0.1) is 0 Å². The third-order valence-corrected chi connectivity index (χ3v) is 4.11. The summed E-state index contributed by atoms with van der Waals surface area (Å²) in [6.07, 6.45) is -3.56. The molecule has 1 unspecified atom stereocenters. The molecule has 8 heteroatoms. The Morgan fingerprint density at radius 2 is 1.86 bits per heavy atom. The summed E-state index contributed by atoms with van der Waals surface area (Å²) in [5, 5.41) is 3.11. The highest BCUT2D eigenvalue weighted by molar-refractivity contribution is 7.15. The van der Waals surface area contributed by atoms with E-state index in [1.165, 1.54) is 12.1 Å². The summed E-state index contributed by atoms with van der Waals surface area (Å²) in [5.41, 5.74) is 0.867. The van der Waals surface area contributed by atoms with Gasteiger partial charge in [0, 0.05) is 6.54 Å². The van der Waals surface area contributed by atoms with Gasteiger partial charge >= 0.3 is 6.18 Å². The van der Waals surface area contributed by atoms with Gasteiger partial charge in [0.2, 0.25) is 0 Å². The molecule has 0 bridgehead atoms. The normalized spacial score (nSPS) is 13.4. The van der Waals surface area contributed by atoms with E-state index in [0.717, 1.165) is 11.8 Å². The first kappa shape index (κ1) is 16.7. The highest BCUT2D eigenvalue weighted by Gasteiger charge is 2.33. The summed E-state index contributed by atoms with van der Waals surface area (Å²) in [4.78, 5) is 4.89. The van der Waals surface area contributed by atoms with Gasteiger partial charge in [0.25, 0.3) is 0 Å². The molecule has 1 aromatic carbocycles. The van der Waals surface area contributed by atoms with Crippen LogP contribution in [-0.4, -0.2) is 30.5 Å². The van der Waals surface area contributed by atoms with Crippen LogP contribution in [-0.2, 0) is 6.18 Å². The van der Waals surface area contributed by atoms with Crippen molar-refractivity contribution in [2.75, 3.05) is 26.0 Å². The number of rotatable bonds is 5. The van der Waals surface area contributed by atoms with Crippen molar-refractivity contribution in [3.8, 4) is 0 Å². The molecule has 1 aromatic heterocycles. The lowest BCUT2D eigenvalue weighted by Crippen LogP contribution is -2.26. The van der Waals surface area contributed by atoms with Gasteiger partial charge < -0.3 is 10.2 Å². The van der Waals surface area contributed by atoms with E-state index in [0.29, 0.717) is 17.9 Å². The first-order valence-electron chi connectivity index (χ1n) is 6.46. The number of aromatic nitrogens is 1. The summed E-state index contributed by atoms with van der Waals surface area (Å²) in [5.74, 6) is -0.330. The van der Waals surface area contributed by atoms with Gasteiger partial charge in [-0.05, 0) is 31.8 Å². The number of hydrogen-bond donors (Lipinski definition) is 1. The van der Waals surface area contributed by atoms with Crippen LogP contribution in [0.15, 0.2) is 30.5 Å². The number of alkyl halides is 3. The number of hydrogen-bond acceptors (Lipinski definition) is 4. The zero-order valence-corrected chi connectivity index (χ0v) is 12.8. The molecular formula is C14H15F4N3S. The van der Waals surface area contributed by atoms with Crippen LogP contribution in [0.25, 0.3) is 0 Å². The lowest BCUT2D eigenvalue weighted by molar-refractivity contribution is -0.134. The molecule has 0 aliphatic carbocycles. The Balaban J connectivity index is 2.06. The Labute approximate surface area is 129 Å². The molecule has 120 valence electrons. The Kier molecular flexibility index (Phi) is 5.02. The molecule has 0 saturated heterocycles. The topological polar surface area (TPSA) is 28.2 Å². The molecule has 0 fully saturated rings. The zero-order valence-electron chi connectivity index (χ0n) is 12.0. The fourth-order valence-electron chi connectivity index (χ4n) is 1.95. The fraction of sp³-hybridized carbons (Fsp3) is 0.357. The fourth-order valence-corrected chi connectivity index (χ4v) is 2.64. The number of anilines is 1. The molecule has 1 heterocycles. The van der Waals surface area contributed by atoms with Crippen LogP contribution in [0.2, 0.25) is 0 Å². The number of nitrogens with one attached hydrogen (secondary N) is 1. The number of benzene rings is 1. The van der Waals surface area contributed by atoms with Crippen molar-refractivity contribution in [1.29, 1.82) is 0 Å². The van der Waals surface area contributed by atoms with Crippen LogP contribution in [0.3, 0.4) is 0 Å². The van der Waals surface area contributed by atoms with E-state index in [1.807, 2.05) is 19.0 Å². The Bertz CT molecular complexity index is 607. The van der Waals surface area contributed by atoms with Gasteiger partial charge in [-0.2, -0.15) is 13.2 Å². The minimum absolute atomic E-state index is 0.112. The second kappa shape index (κ2) is 6.62. The maximum atomic E-state index is 13.0. The average Bonchev–Trinajstić information content (AvgIpc) is 2.89. The van der Waals surface area contributed by atoms with Gasteiger partial charge in [-0.3, -0.25) is 0 Å². The summed E-state index contributed by atoms with van der Waals surface area (Å²) in [6.45, 7) is 0.365. The van der Waals surface area contributed by atoms with Crippen molar-refractivity contribution in [1.82, 2.24) is 9.88 Å². The van der Waals surface area contributed by atoms with Gasteiger partial charge in [-0.1, -0.05) is 23.5 Å². The SMILES string of the molecule is CN(C)C(CNc1ncc(C(F)(F)F)s1)c1ccc(F)cc1. The summed E-state index contributed by atoms with van der Waals surface area (Å²) in [7, 11) is 3.69. The van der Waals surface area contributed by atoms with Crippen molar-refractivity contribution in [3.63, 3.8) is 0 Å². The molecule has 3 nitrogen and oxygen atoms in total. The number of thiazole rings is 1. The third kappa shape index (κ3) is 4.17. The molecule has 0 aliphatic heterocycles. The first-order valence-corrected chi connectivity index (χ1v) is 7.28. The zero-order chi connectivity index (χ0) is 16.3. The van der Waals surface area contributed by atoms with E-state index in [-0.39, 0.29) is 17.0 Å². The van der Waals surface area contributed by atoms with Gasteiger partial charge in [-0.25, -0.2) is 9.37 Å². The Morgan fingerprint density at radius 1 is 1.23 bits per heavy atom. The molecular weight excluding hydrogens is 318 g/mol. The smallest absolute Gasteiger partial charge is 0.360 e. The number of halogens is 4. The molecule has 0 radical (unpaired) electrons. The van der Waals surface area contributed by atoms with Crippen molar-refractivity contribution in [2.45, 2.75) is 12.2 Å². The second-order valence-electron chi connectivity index (χ2n) is 4.94. The van der Waals surface area contributed by atoms with E-state index < -0.39 is 11.1 Å². The molecule has 22 heavy (non-hydrogen) atoms. The van der Waals surface area contributed by atoms with Crippen LogP contribution in [0.4, 0.5) is 22.7 Å². The summed E-state index contributed by atoms with van der Waals surface area (Å²) < 4.78 is 50.6. The molecule has 0 saturated carbocycles. The first-order chi connectivity index (χ1) is 10.3. The van der Waals surface area contributed by atoms with Crippen LogP contribution in [0.5, 0.6) is 0 Å². The highest BCUT2D eigenvalue weighted by Crippen LogP contribution is 2.35. The quantitative estimate of drug-likeness (QED) is 0.838. The van der Waals surface area contributed by atoms with Crippen molar-refractivity contribution in [3.05, 3.63) is 46.7 Å². The monoisotopic (exact) mass is 333 g/mol. The maximum absolute atomic E-state index is 13.0. The molecule has 1 N–H and O–H groups in total. The average molecular weight is 333 g/mol. The highest BCUT2D eigenvalue weighted by atomic mass is 32.1. The van der Waals surface area contributed by atoms with Crippen molar-refractivity contribution in [2.24, 2.45) is 0 Å². The number of likely N-dealkylation sites (N-methyl/N-ethyl adjacent to an activating group) is 1. The van der Waals surface area contributed by atoms with E-state index in [2.05, 4.69) is 10.3 Å². The minimum Gasteiger partial charge on any atom is -0.360 e. The van der Waals surface area contributed by atoms with Gasteiger partial charge in [0.15, 0.2) is 5.13 Å². The van der Waals surface area contributed by atoms with E-state index in [9.17, 15) is 17.6 Å². The summed E-state index contributed by atoms with van der Waals surface area (Å²) >= 11 is 0.565. The lowest BCUT2D eigenvalue weighted by Gasteiger charge is -2.25. The summed E-state index contributed by atoms with van der Waals surface area (Å²) in [6, 6.07) is 5.92. The predicted molar refractivity (Wildman–Crippen MR) is 78.4 cm³/mol. The van der Waals surface area contributed by atoms with Crippen LogP contribution >= 0.6 is 11.3 Å². The largest absolute Gasteiger partial charge is 0.427 e. The standard InChI is InChI=1S/C14H15F4N3S/c1-21(2)11(9-3-5-10(15)6-4-9)7-19-13-20-8-12(22-13)14(16,17)18/h3-6,8,11H,7H2,1-2H3,(H,19,20). The Morgan fingerprint density at radius 3 is 2.36 bits per heavy atom. The van der Waals surface area contributed by atoms with Crippen LogP contribution in [0, 0.1) is 5.82 Å². The maximum Gasteiger partial charge on any atom is 0.427 e. The van der Waals surface area contributed by atoms with Gasteiger partial charge in [0.05, 0.1) is 12.2 Å². The molecule has 2 rings (SSSR count). The predicted octanol–water partition coefficient (Wildman–Crippen LogP) is 4.02. The van der Waals surface area contributed by atoms with E-state index in [4.69, 9.17) is 0 Å². The molecule has 0 amide bonds. The number of nitrogens with zero attached hydrogens (tertiary/aromatic N) is 2. The Hall–Kier alpha value is -1.67. The molecule has 1 atom stereocenters. The minimum atomic E-state index is -4.38. The van der Waals surface area contributed by atoms with Crippen LogP contribution < -0.4 is 5.32 Å². The van der Waals surface area contributed by atoms with Crippen molar-refractivity contribution >= 4 is 16.5 Å². The second-order valence-corrected chi connectivity index (χ2v) is 5.97. The third-order valence-electron chi connectivity index (χ3n) is 3.11. The molecule has 0 spiro atoms.